The van der Waals surface area contributed by atoms with Crippen LogP contribution in [0.15, 0.2) is 44.9 Å². The first-order valence-corrected chi connectivity index (χ1v) is 11.8. The lowest BCUT2D eigenvalue weighted by Crippen LogP contribution is -2.58. The van der Waals surface area contributed by atoms with E-state index in [9.17, 15) is 14.7 Å². The number of aliphatic carboxylic acids is 1. The third-order valence-electron chi connectivity index (χ3n) is 5.58. The highest BCUT2D eigenvalue weighted by Crippen LogP contribution is 2.25. The van der Waals surface area contributed by atoms with Crippen molar-refractivity contribution in [2.45, 2.75) is 70.9 Å². The fourth-order valence-corrected chi connectivity index (χ4v) is 4.09. The second-order valence-corrected chi connectivity index (χ2v) is 8.89. The first kappa shape index (κ1) is 25.1. The summed E-state index contributed by atoms with van der Waals surface area (Å²) in [5, 5.41) is 19.9. The van der Waals surface area contributed by atoms with Gasteiger partial charge in [-0.15, -0.1) is 0 Å². The molecule has 33 heavy (non-hydrogen) atoms. The van der Waals surface area contributed by atoms with Gasteiger partial charge in [-0.3, -0.25) is 4.79 Å². The molecule has 0 spiro atoms. The second kappa shape index (κ2) is 11.5. The van der Waals surface area contributed by atoms with Crippen molar-refractivity contribution >= 4 is 27.8 Å². The first-order chi connectivity index (χ1) is 15.8. The predicted molar refractivity (Wildman–Crippen MR) is 125 cm³/mol. The summed E-state index contributed by atoms with van der Waals surface area (Å²) in [5.41, 5.74) is 1.04. The van der Waals surface area contributed by atoms with Gasteiger partial charge in [0.1, 0.15) is 0 Å². The molecule has 3 N–H and O–H groups in total. The molecule has 0 unspecified atom stereocenters. The Labute approximate surface area is 201 Å². The molecule has 10 heteroatoms. The van der Waals surface area contributed by atoms with E-state index in [1.807, 2.05) is 38.1 Å². The number of carbonyl (C=O) groups is 2. The predicted octanol–water partition coefficient (Wildman–Crippen LogP) is 3.45. The molecular weight excluding hydrogens is 492 g/mol. The summed E-state index contributed by atoms with van der Waals surface area (Å²) in [6, 6.07) is 6.68. The van der Waals surface area contributed by atoms with Crippen molar-refractivity contribution in [1.82, 2.24) is 20.8 Å². The summed E-state index contributed by atoms with van der Waals surface area (Å²) in [6.45, 7) is 5.71. The van der Waals surface area contributed by atoms with Gasteiger partial charge in [-0.2, -0.15) is 4.98 Å². The highest BCUT2D eigenvalue weighted by atomic mass is 79.9. The zero-order valence-electron chi connectivity index (χ0n) is 18.9. The van der Waals surface area contributed by atoms with Crippen molar-refractivity contribution in [3.8, 4) is 11.5 Å². The minimum atomic E-state index is -1.00. The average molecular weight is 521 g/mol. The normalized spacial score (nSPS) is 20.5. The number of carboxylic acids is 1. The zero-order valence-corrected chi connectivity index (χ0v) is 20.5. The van der Waals surface area contributed by atoms with Gasteiger partial charge in [0.15, 0.2) is 5.82 Å². The number of amides is 1. The van der Waals surface area contributed by atoms with E-state index in [1.54, 1.807) is 6.08 Å². The molecule has 1 heterocycles. The van der Waals surface area contributed by atoms with Crippen LogP contribution in [0.1, 0.15) is 45.9 Å². The second-order valence-electron chi connectivity index (χ2n) is 7.98. The van der Waals surface area contributed by atoms with E-state index >= 15 is 0 Å². The Morgan fingerprint density at radius 3 is 2.58 bits per heavy atom. The molecule has 0 bridgehead atoms. The molecule has 178 valence electrons. The van der Waals surface area contributed by atoms with E-state index in [2.05, 4.69) is 36.7 Å². The third-order valence-corrected chi connectivity index (χ3v) is 6.11. The number of carboxylic acid groups (broad SMARTS) is 1. The van der Waals surface area contributed by atoms with Crippen LogP contribution in [0.25, 0.3) is 11.5 Å². The summed E-state index contributed by atoms with van der Waals surface area (Å²) >= 11 is 3.40. The monoisotopic (exact) mass is 520 g/mol. The van der Waals surface area contributed by atoms with Gasteiger partial charge in [-0.1, -0.05) is 34.9 Å². The van der Waals surface area contributed by atoms with E-state index < -0.39 is 18.1 Å². The molecule has 3 rings (SSSR count). The fraction of sp³-hybridized carbons (Fsp3) is 0.478. The van der Waals surface area contributed by atoms with E-state index in [1.165, 1.54) is 6.92 Å². The number of benzene rings is 1. The number of nitrogens with one attached hydrogen (secondary N) is 2. The van der Waals surface area contributed by atoms with Crippen LogP contribution in [-0.2, 0) is 20.9 Å². The molecule has 1 aromatic heterocycles. The van der Waals surface area contributed by atoms with Crippen molar-refractivity contribution in [2.24, 2.45) is 0 Å². The molecule has 0 fully saturated rings. The van der Waals surface area contributed by atoms with Crippen molar-refractivity contribution in [1.29, 1.82) is 0 Å². The van der Waals surface area contributed by atoms with Crippen molar-refractivity contribution < 1.29 is 24.0 Å². The van der Waals surface area contributed by atoms with E-state index in [-0.39, 0.29) is 36.6 Å². The lowest BCUT2D eigenvalue weighted by atomic mass is 9.87. The Morgan fingerprint density at radius 2 is 1.97 bits per heavy atom. The Morgan fingerprint density at radius 1 is 1.27 bits per heavy atom. The standard InChI is InChI=1S/C23H29BrN4O5/c1-4-17(5-2)32-19-11-15(23(30)31)10-18(21(19)26-13(3)29)25-12-20-27-22(33-28-20)14-6-8-16(24)9-7-14/h6-9,11,17-19,21,25H,4-5,10,12H2,1-3H3,(H,26,29)(H,30,31)/t18-,19+,21+/m0/s1. The Hall–Kier alpha value is -2.56. The Balaban J connectivity index is 1.77. The van der Waals surface area contributed by atoms with Crippen LogP contribution in [0.4, 0.5) is 0 Å². The quantitative estimate of drug-likeness (QED) is 0.434. The maximum absolute atomic E-state index is 11.9. The highest BCUT2D eigenvalue weighted by molar-refractivity contribution is 9.10. The Bertz CT molecular complexity index is 987. The van der Waals surface area contributed by atoms with Gasteiger partial charge in [0.05, 0.1) is 24.8 Å². The first-order valence-electron chi connectivity index (χ1n) is 11.0. The number of nitrogens with zero attached hydrogens (tertiary/aromatic N) is 2. The van der Waals surface area contributed by atoms with Gasteiger partial charge in [0, 0.05) is 28.6 Å². The average Bonchev–Trinajstić information content (AvgIpc) is 3.26. The van der Waals surface area contributed by atoms with E-state index in [4.69, 9.17) is 9.26 Å². The van der Waals surface area contributed by atoms with Gasteiger partial charge in [0.25, 0.3) is 5.89 Å². The maximum Gasteiger partial charge on any atom is 0.331 e. The van der Waals surface area contributed by atoms with Crippen molar-refractivity contribution in [3.05, 3.63) is 46.2 Å². The molecule has 0 saturated heterocycles. The van der Waals surface area contributed by atoms with Gasteiger partial charge < -0.3 is 25.0 Å². The van der Waals surface area contributed by atoms with Crippen LogP contribution < -0.4 is 10.6 Å². The molecule has 0 radical (unpaired) electrons. The van der Waals surface area contributed by atoms with Crippen molar-refractivity contribution in [2.75, 3.05) is 0 Å². The Kier molecular flexibility index (Phi) is 8.76. The molecule has 1 amide bonds. The topological polar surface area (TPSA) is 127 Å². The lowest BCUT2D eigenvalue weighted by molar-refractivity contribution is -0.133. The molecule has 3 atom stereocenters. The molecular formula is C23H29BrN4O5. The number of aromatic nitrogens is 2. The largest absolute Gasteiger partial charge is 0.478 e. The number of ether oxygens (including phenoxy) is 1. The molecule has 9 nitrogen and oxygen atoms in total. The molecule has 0 aliphatic heterocycles. The summed E-state index contributed by atoms with van der Waals surface area (Å²) < 4.78 is 12.5. The minimum absolute atomic E-state index is 0.0398. The number of rotatable bonds is 10. The molecule has 2 aromatic rings. The SMILES string of the molecule is CCC(CC)O[C@@H]1C=C(C(=O)O)C[C@H](NCc2noc(-c3ccc(Br)cc3)n2)[C@H]1NC(C)=O. The lowest BCUT2D eigenvalue weighted by Gasteiger charge is -2.38. The van der Waals surface area contributed by atoms with Crippen LogP contribution >= 0.6 is 15.9 Å². The van der Waals surface area contributed by atoms with Crippen LogP contribution in [0, 0.1) is 0 Å². The molecule has 1 aromatic carbocycles. The highest BCUT2D eigenvalue weighted by Gasteiger charge is 2.37. The summed E-state index contributed by atoms with van der Waals surface area (Å²) in [5.74, 6) is -0.395. The molecule has 0 saturated carbocycles. The maximum atomic E-state index is 11.9. The molecule has 1 aliphatic rings. The van der Waals surface area contributed by atoms with Crippen molar-refractivity contribution in [3.63, 3.8) is 0 Å². The van der Waals surface area contributed by atoms with Gasteiger partial charge in [-0.05, 0) is 49.6 Å². The number of carbonyl (C=O) groups excluding carboxylic acids is 1. The number of hydrogen-bond acceptors (Lipinski definition) is 7. The van der Waals surface area contributed by atoms with Gasteiger partial charge in [-0.25, -0.2) is 4.79 Å². The van der Waals surface area contributed by atoms with Crippen LogP contribution in [0.5, 0.6) is 0 Å². The van der Waals surface area contributed by atoms with Crippen LogP contribution in [0.2, 0.25) is 0 Å². The summed E-state index contributed by atoms with van der Waals surface area (Å²) in [6.07, 6.45) is 2.80. The smallest absolute Gasteiger partial charge is 0.331 e. The van der Waals surface area contributed by atoms with Crippen LogP contribution in [0.3, 0.4) is 0 Å². The van der Waals surface area contributed by atoms with Gasteiger partial charge in [0.2, 0.25) is 5.91 Å². The zero-order chi connectivity index (χ0) is 24.0. The van der Waals surface area contributed by atoms with Gasteiger partial charge >= 0.3 is 5.97 Å². The van der Waals surface area contributed by atoms with E-state index in [0.717, 1.165) is 22.9 Å². The number of halogens is 1. The van der Waals surface area contributed by atoms with E-state index in [0.29, 0.717) is 11.7 Å². The summed E-state index contributed by atoms with van der Waals surface area (Å²) in [4.78, 5) is 28.1. The van der Waals surface area contributed by atoms with Crippen LogP contribution in [-0.4, -0.2) is 51.4 Å². The molecule has 1 aliphatic carbocycles. The number of hydrogen-bond donors (Lipinski definition) is 3. The fourth-order valence-electron chi connectivity index (χ4n) is 3.82. The minimum Gasteiger partial charge on any atom is -0.478 e. The third kappa shape index (κ3) is 6.72. The summed E-state index contributed by atoms with van der Waals surface area (Å²) in [7, 11) is 0.